The fourth-order valence-electron chi connectivity index (χ4n) is 3.78. The lowest BCUT2D eigenvalue weighted by Gasteiger charge is -2.38. The van der Waals surface area contributed by atoms with Gasteiger partial charge in [-0.1, -0.05) is 55.0 Å². The van der Waals surface area contributed by atoms with Gasteiger partial charge in [0.25, 0.3) is 0 Å². The Kier molecular flexibility index (Phi) is 6.92. The number of carbonyl (C=O) groups is 1. The number of alkyl halides is 3. The molecule has 2 N–H and O–H groups in total. The SMILES string of the molecule is O=C(CN1CCCC[C@H]1[C@H](O)C(F)(F)F)Nc1ccccc1Cc1ccccc1. The maximum Gasteiger partial charge on any atom is 0.415 e. The Morgan fingerprint density at radius 3 is 2.52 bits per heavy atom. The van der Waals surface area contributed by atoms with Gasteiger partial charge in [0.1, 0.15) is 0 Å². The highest BCUT2D eigenvalue weighted by Crippen LogP contribution is 2.30. The van der Waals surface area contributed by atoms with Gasteiger partial charge in [0.05, 0.1) is 6.54 Å². The molecule has 0 saturated carbocycles. The second kappa shape index (κ2) is 9.41. The molecule has 0 spiro atoms. The lowest BCUT2D eigenvalue weighted by Crippen LogP contribution is -2.54. The molecule has 7 heteroatoms. The molecular formula is C22H25F3N2O2. The fourth-order valence-corrected chi connectivity index (χ4v) is 3.78. The van der Waals surface area contributed by atoms with Crippen molar-refractivity contribution < 1.29 is 23.1 Å². The Morgan fingerprint density at radius 2 is 1.79 bits per heavy atom. The van der Waals surface area contributed by atoms with Crippen LogP contribution in [0.3, 0.4) is 0 Å². The minimum Gasteiger partial charge on any atom is -0.382 e. The number of hydrogen-bond donors (Lipinski definition) is 2. The first-order valence-corrected chi connectivity index (χ1v) is 9.75. The largest absolute Gasteiger partial charge is 0.415 e. The molecular weight excluding hydrogens is 381 g/mol. The zero-order chi connectivity index (χ0) is 20.9. The predicted molar refractivity (Wildman–Crippen MR) is 106 cm³/mol. The Balaban J connectivity index is 1.67. The number of nitrogens with zero attached hydrogens (tertiary/aromatic N) is 1. The standard InChI is InChI=1S/C22H25F3N2O2/c23-22(24,25)21(29)19-12-6-7-13-27(19)15-20(28)26-18-11-5-4-10-17(18)14-16-8-2-1-3-9-16/h1-5,8-11,19,21,29H,6-7,12-15H2,(H,26,28)/t19-,21-/m0/s1. The minimum absolute atomic E-state index is 0.183. The summed E-state index contributed by atoms with van der Waals surface area (Å²) in [6, 6.07) is 16.1. The summed E-state index contributed by atoms with van der Waals surface area (Å²) in [5.74, 6) is -0.383. The van der Waals surface area contributed by atoms with Gasteiger partial charge in [0.15, 0.2) is 6.10 Å². The van der Waals surface area contributed by atoms with Crippen LogP contribution in [0.1, 0.15) is 30.4 Å². The van der Waals surface area contributed by atoms with Crippen LogP contribution in [0.15, 0.2) is 54.6 Å². The van der Waals surface area contributed by atoms with E-state index >= 15 is 0 Å². The van der Waals surface area contributed by atoms with Gasteiger partial charge >= 0.3 is 6.18 Å². The maximum atomic E-state index is 13.0. The molecule has 156 valence electrons. The third-order valence-electron chi connectivity index (χ3n) is 5.24. The number of rotatable bonds is 6. The average molecular weight is 406 g/mol. The molecule has 1 amide bonds. The third-order valence-corrected chi connectivity index (χ3v) is 5.24. The van der Waals surface area contributed by atoms with E-state index < -0.39 is 18.3 Å². The molecule has 2 aromatic carbocycles. The van der Waals surface area contributed by atoms with Gasteiger partial charge in [-0.25, -0.2) is 0 Å². The van der Waals surface area contributed by atoms with Crippen molar-refractivity contribution in [3.05, 3.63) is 65.7 Å². The Morgan fingerprint density at radius 1 is 1.10 bits per heavy atom. The quantitative estimate of drug-likeness (QED) is 0.763. The number of piperidine rings is 1. The first-order chi connectivity index (χ1) is 13.8. The second-order valence-corrected chi connectivity index (χ2v) is 7.39. The van der Waals surface area contributed by atoms with Crippen molar-refractivity contribution in [1.29, 1.82) is 0 Å². The van der Waals surface area contributed by atoms with Gasteiger partial charge < -0.3 is 10.4 Å². The molecule has 0 radical (unpaired) electrons. The number of nitrogens with one attached hydrogen (secondary N) is 1. The average Bonchev–Trinajstić information content (AvgIpc) is 2.69. The number of carbonyl (C=O) groups excluding carboxylic acids is 1. The summed E-state index contributed by atoms with van der Waals surface area (Å²) in [4.78, 5) is 14.0. The van der Waals surface area contributed by atoms with E-state index in [0.29, 0.717) is 31.5 Å². The lowest BCUT2D eigenvalue weighted by molar-refractivity contribution is -0.224. The van der Waals surface area contributed by atoms with Crippen LogP contribution in [-0.4, -0.2) is 47.3 Å². The number of benzene rings is 2. The Bertz CT molecular complexity index is 811. The molecule has 0 aromatic heterocycles. The van der Waals surface area contributed by atoms with Crippen molar-refractivity contribution in [2.75, 3.05) is 18.4 Å². The summed E-state index contributed by atoms with van der Waals surface area (Å²) in [7, 11) is 0. The van der Waals surface area contributed by atoms with E-state index in [9.17, 15) is 23.1 Å². The van der Waals surface area contributed by atoms with Gasteiger partial charge in [-0.05, 0) is 43.0 Å². The molecule has 1 aliphatic rings. The molecule has 4 nitrogen and oxygen atoms in total. The molecule has 3 rings (SSSR count). The zero-order valence-corrected chi connectivity index (χ0v) is 16.0. The Labute approximate surface area is 168 Å². The number of amides is 1. The molecule has 0 bridgehead atoms. The van der Waals surface area contributed by atoms with Crippen molar-refractivity contribution in [3.8, 4) is 0 Å². The number of anilines is 1. The van der Waals surface area contributed by atoms with E-state index in [-0.39, 0.29) is 18.9 Å². The molecule has 2 atom stereocenters. The van der Waals surface area contributed by atoms with E-state index in [1.54, 1.807) is 12.1 Å². The van der Waals surface area contributed by atoms with Gasteiger partial charge in [0.2, 0.25) is 5.91 Å². The summed E-state index contributed by atoms with van der Waals surface area (Å²) in [5.41, 5.74) is 2.67. The monoisotopic (exact) mass is 406 g/mol. The van der Waals surface area contributed by atoms with Crippen molar-refractivity contribution in [3.63, 3.8) is 0 Å². The number of para-hydroxylation sites is 1. The topological polar surface area (TPSA) is 52.6 Å². The summed E-state index contributed by atoms with van der Waals surface area (Å²) < 4.78 is 38.9. The van der Waals surface area contributed by atoms with Crippen molar-refractivity contribution in [2.24, 2.45) is 0 Å². The summed E-state index contributed by atoms with van der Waals surface area (Å²) in [6.07, 6.45) is -4.97. The molecule has 1 heterocycles. The van der Waals surface area contributed by atoms with E-state index in [1.807, 2.05) is 42.5 Å². The van der Waals surface area contributed by atoms with Crippen LogP contribution < -0.4 is 5.32 Å². The van der Waals surface area contributed by atoms with Gasteiger partial charge in [-0.15, -0.1) is 0 Å². The van der Waals surface area contributed by atoms with Crippen LogP contribution in [0.4, 0.5) is 18.9 Å². The highest BCUT2D eigenvalue weighted by molar-refractivity contribution is 5.93. The summed E-state index contributed by atoms with van der Waals surface area (Å²) in [5, 5.41) is 12.5. The third kappa shape index (κ3) is 5.81. The van der Waals surface area contributed by atoms with Crippen molar-refractivity contribution in [1.82, 2.24) is 4.90 Å². The van der Waals surface area contributed by atoms with Gasteiger partial charge in [0, 0.05) is 11.7 Å². The number of likely N-dealkylation sites (tertiary alicyclic amines) is 1. The predicted octanol–water partition coefficient (Wildman–Crippen LogP) is 3.99. The van der Waals surface area contributed by atoms with Crippen LogP contribution >= 0.6 is 0 Å². The molecule has 0 aliphatic carbocycles. The molecule has 1 saturated heterocycles. The lowest BCUT2D eigenvalue weighted by atomic mass is 9.97. The fraction of sp³-hybridized carbons (Fsp3) is 0.409. The second-order valence-electron chi connectivity index (χ2n) is 7.39. The molecule has 1 aliphatic heterocycles. The number of halogens is 3. The number of aliphatic hydroxyl groups is 1. The van der Waals surface area contributed by atoms with E-state index in [0.717, 1.165) is 11.1 Å². The summed E-state index contributed by atoms with van der Waals surface area (Å²) >= 11 is 0. The van der Waals surface area contributed by atoms with Crippen molar-refractivity contribution in [2.45, 2.75) is 44.0 Å². The van der Waals surface area contributed by atoms with Crippen LogP contribution in [-0.2, 0) is 11.2 Å². The van der Waals surface area contributed by atoms with Crippen LogP contribution in [0, 0.1) is 0 Å². The molecule has 1 fully saturated rings. The first kappa shape index (κ1) is 21.3. The van der Waals surface area contributed by atoms with E-state index in [2.05, 4.69) is 5.32 Å². The number of hydrogen-bond acceptors (Lipinski definition) is 3. The van der Waals surface area contributed by atoms with Gasteiger partial charge in [-0.3, -0.25) is 9.69 Å². The highest BCUT2D eigenvalue weighted by Gasteiger charge is 2.46. The number of aliphatic hydroxyl groups excluding tert-OH is 1. The maximum absolute atomic E-state index is 13.0. The zero-order valence-electron chi connectivity index (χ0n) is 16.0. The molecule has 29 heavy (non-hydrogen) atoms. The van der Waals surface area contributed by atoms with E-state index in [4.69, 9.17) is 0 Å². The molecule has 0 unspecified atom stereocenters. The Hall–Kier alpha value is -2.38. The van der Waals surface area contributed by atoms with Crippen LogP contribution in [0.25, 0.3) is 0 Å². The minimum atomic E-state index is -4.70. The highest BCUT2D eigenvalue weighted by atomic mass is 19.4. The summed E-state index contributed by atoms with van der Waals surface area (Å²) in [6.45, 7) is 0.175. The van der Waals surface area contributed by atoms with Crippen molar-refractivity contribution >= 4 is 11.6 Å². The normalized spacial score (nSPS) is 19.0. The smallest absolute Gasteiger partial charge is 0.382 e. The van der Waals surface area contributed by atoms with E-state index in [1.165, 1.54) is 4.90 Å². The van der Waals surface area contributed by atoms with Crippen LogP contribution in [0.5, 0.6) is 0 Å². The van der Waals surface area contributed by atoms with Gasteiger partial charge in [-0.2, -0.15) is 13.2 Å². The van der Waals surface area contributed by atoms with Crippen LogP contribution in [0.2, 0.25) is 0 Å². The molecule has 2 aromatic rings. The first-order valence-electron chi connectivity index (χ1n) is 9.75.